The molecule has 1 atom stereocenters. The van der Waals surface area contributed by atoms with Crippen LogP contribution in [-0.2, 0) is 21.2 Å². The van der Waals surface area contributed by atoms with Gasteiger partial charge in [-0.05, 0) is 61.4 Å². The van der Waals surface area contributed by atoms with Gasteiger partial charge in [-0.1, -0.05) is 35.9 Å². The van der Waals surface area contributed by atoms with E-state index < -0.39 is 10.0 Å². The lowest BCUT2D eigenvalue weighted by molar-refractivity contribution is -0.127. The maximum Gasteiger partial charge on any atom is 0.246 e. The molecular weight excluding hydrogens is 436 g/mol. The van der Waals surface area contributed by atoms with Crippen LogP contribution >= 0.6 is 11.6 Å². The Morgan fingerprint density at radius 3 is 2.61 bits per heavy atom. The maximum absolute atomic E-state index is 13.1. The Morgan fingerprint density at radius 1 is 1.13 bits per heavy atom. The summed E-state index contributed by atoms with van der Waals surface area (Å²) in [4.78, 5) is 13.0. The van der Waals surface area contributed by atoms with Gasteiger partial charge in [0.1, 0.15) is 10.6 Å². The molecule has 2 aromatic rings. The summed E-state index contributed by atoms with van der Waals surface area (Å²) in [7, 11) is -2.32. The van der Waals surface area contributed by atoms with Gasteiger partial charge in [0.15, 0.2) is 0 Å². The van der Waals surface area contributed by atoms with E-state index in [2.05, 4.69) is 17.4 Å². The molecule has 1 aliphatic carbocycles. The normalized spacial score (nSPS) is 20.1. The van der Waals surface area contributed by atoms with E-state index in [9.17, 15) is 13.2 Å². The first-order chi connectivity index (χ1) is 14.9. The molecule has 0 saturated carbocycles. The van der Waals surface area contributed by atoms with E-state index >= 15 is 0 Å². The second kappa shape index (κ2) is 9.18. The molecule has 1 saturated heterocycles. The number of fused-ring (bicyclic) bond motifs is 1. The summed E-state index contributed by atoms with van der Waals surface area (Å²) in [6.07, 6.45) is 4.01. The lowest BCUT2D eigenvalue weighted by Gasteiger charge is -2.33. The van der Waals surface area contributed by atoms with Gasteiger partial charge >= 0.3 is 0 Å². The van der Waals surface area contributed by atoms with Gasteiger partial charge in [0.2, 0.25) is 15.9 Å². The zero-order chi connectivity index (χ0) is 22.0. The van der Waals surface area contributed by atoms with Crippen molar-refractivity contribution in [1.29, 1.82) is 0 Å². The highest BCUT2D eigenvalue weighted by Crippen LogP contribution is 2.33. The van der Waals surface area contributed by atoms with Crippen LogP contribution in [0.1, 0.15) is 42.9 Å². The molecule has 1 fully saturated rings. The first-order valence-corrected chi connectivity index (χ1v) is 12.4. The topological polar surface area (TPSA) is 75.7 Å². The van der Waals surface area contributed by atoms with Crippen LogP contribution in [-0.4, -0.2) is 38.8 Å². The fourth-order valence-electron chi connectivity index (χ4n) is 4.54. The number of hydrogen-bond acceptors (Lipinski definition) is 4. The Bertz CT molecular complexity index is 1060. The third-order valence-electron chi connectivity index (χ3n) is 6.25. The van der Waals surface area contributed by atoms with Gasteiger partial charge in [-0.3, -0.25) is 4.79 Å². The van der Waals surface area contributed by atoms with E-state index in [4.69, 9.17) is 16.3 Å². The number of carbonyl (C=O) groups is 1. The first-order valence-electron chi connectivity index (χ1n) is 10.6. The molecule has 0 radical (unpaired) electrons. The van der Waals surface area contributed by atoms with Gasteiger partial charge in [0.05, 0.1) is 13.2 Å². The summed E-state index contributed by atoms with van der Waals surface area (Å²) in [6, 6.07) is 12.9. The standard InChI is InChI=1S/C23H27ClN2O4S/c1-30-21-10-9-18(24)15-22(21)31(28,29)26-13-11-17(12-14-26)23(27)25-20-8-4-6-16-5-2-3-7-19(16)20/h2-3,5,7,9-10,15,17,20H,4,6,8,11-14H2,1H3,(H,25,27)/t20-/m0/s1. The number of nitrogens with one attached hydrogen (secondary N) is 1. The van der Waals surface area contributed by atoms with E-state index in [0.717, 1.165) is 19.3 Å². The average Bonchev–Trinajstić information content (AvgIpc) is 2.79. The molecule has 0 unspecified atom stereocenters. The van der Waals surface area contributed by atoms with E-state index in [1.54, 1.807) is 12.1 Å². The Morgan fingerprint density at radius 2 is 1.87 bits per heavy atom. The summed E-state index contributed by atoms with van der Waals surface area (Å²) in [6.45, 7) is 0.578. The molecule has 1 amide bonds. The van der Waals surface area contributed by atoms with Gasteiger partial charge in [-0.15, -0.1) is 0 Å². The molecule has 166 valence electrons. The van der Waals surface area contributed by atoms with Crippen LogP contribution in [0.4, 0.5) is 0 Å². The number of ether oxygens (including phenoxy) is 1. The van der Waals surface area contributed by atoms with E-state index in [1.165, 1.54) is 28.6 Å². The number of piperidine rings is 1. The van der Waals surface area contributed by atoms with Crippen LogP contribution < -0.4 is 10.1 Å². The van der Waals surface area contributed by atoms with Crippen molar-refractivity contribution in [2.75, 3.05) is 20.2 Å². The van der Waals surface area contributed by atoms with Crippen molar-refractivity contribution < 1.29 is 17.9 Å². The van der Waals surface area contributed by atoms with Gasteiger partial charge in [0, 0.05) is 24.0 Å². The highest BCUT2D eigenvalue weighted by molar-refractivity contribution is 7.89. The molecule has 2 aromatic carbocycles. The van der Waals surface area contributed by atoms with E-state index in [0.29, 0.717) is 17.9 Å². The summed E-state index contributed by atoms with van der Waals surface area (Å²) >= 11 is 6.02. The predicted molar refractivity (Wildman–Crippen MR) is 120 cm³/mol. The van der Waals surface area contributed by atoms with Gasteiger partial charge in [-0.2, -0.15) is 4.31 Å². The number of hydrogen-bond donors (Lipinski definition) is 1. The zero-order valence-corrected chi connectivity index (χ0v) is 19.1. The number of benzene rings is 2. The second-order valence-electron chi connectivity index (χ2n) is 8.13. The Labute approximate surface area is 188 Å². The van der Waals surface area contributed by atoms with Crippen LogP contribution in [0.3, 0.4) is 0 Å². The number of methoxy groups -OCH3 is 1. The minimum absolute atomic E-state index is 0.0130. The summed E-state index contributed by atoms with van der Waals surface area (Å²) < 4.78 is 32.9. The summed E-state index contributed by atoms with van der Waals surface area (Å²) in [5, 5.41) is 3.55. The molecule has 4 rings (SSSR count). The summed E-state index contributed by atoms with van der Waals surface area (Å²) in [5.41, 5.74) is 2.51. The smallest absolute Gasteiger partial charge is 0.246 e. The minimum Gasteiger partial charge on any atom is -0.495 e. The SMILES string of the molecule is COc1ccc(Cl)cc1S(=O)(=O)N1CCC(C(=O)N[C@H]2CCCc3ccccc32)CC1. The number of nitrogens with zero attached hydrogens (tertiary/aromatic N) is 1. The van der Waals surface area contributed by atoms with E-state index in [-0.39, 0.29) is 41.6 Å². The minimum atomic E-state index is -3.75. The average molecular weight is 463 g/mol. The van der Waals surface area contributed by atoms with Crippen LogP contribution in [0.2, 0.25) is 5.02 Å². The lowest BCUT2D eigenvalue weighted by atomic mass is 9.87. The molecule has 0 bridgehead atoms. The van der Waals surface area contributed by atoms with Crippen molar-refractivity contribution in [3.63, 3.8) is 0 Å². The molecule has 0 spiro atoms. The number of amides is 1. The molecule has 31 heavy (non-hydrogen) atoms. The third-order valence-corrected chi connectivity index (χ3v) is 8.41. The number of sulfonamides is 1. The van der Waals surface area contributed by atoms with Crippen LogP contribution in [0.25, 0.3) is 0 Å². The number of carbonyl (C=O) groups excluding carboxylic acids is 1. The lowest BCUT2D eigenvalue weighted by Crippen LogP contribution is -2.44. The Kier molecular flexibility index (Phi) is 6.55. The zero-order valence-electron chi connectivity index (χ0n) is 17.5. The molecular formula is C23H27ClN2O4S. The quantitative estimate of drug-likeness (QED) is 0.730. The highest BCUT2D eigenvalue weighted by atomic mass is 35.5. The molecule has 6 nitrogen and oxygen atoms in total. The molecule has 0 aromatic heterocycles. The van der Waals surface area contributed by atoms with Gasteiger partial charge in [0.25, 0.3) is 0 Å². The number of aryl methyl sites for hydroxylation is 1. The van der Waals surface area contributed by atoms with Crippen LogP contribution in [0.5, 0.6) is 5.75 Å². The predicted octanol–water partition coefficient (Wildman–Crippen LogP) is 3.94. The molecule has 1 N–H and O–H groups in total. The first kappa shape index (κ1) is 22.1. The van der Waals surface area contributed by atoms with Crippen molar-refractivity contribution in [3.05, 3.63) is 58.6 Å². The fourth-order valence-corrected chi connectivity index (χ4v) is 6.43. The number of halogens is 1. The van der Waals surface area contributed by atoms with Crippen molar-refractivity contribution in [3.8, 4) is 5.75 Å². The largest absolute Gasteiger partial charge is 0.495 e. The Balaban J connectivity index is 1.41. The van der Waals surface area contributed by atoms with Crippen LogP contribution in [0, 0.1) is 5.92 Å². The third kappa shape index (κ3) is 4.59. The van der Waals surface area contributed by atoms with Gasteiger partial charge in [-0.25, -0.2) is 8.42 Å². The number of rotatable bonds is 5. The monoisotopic (exact) mass is 462 g/mol. The van der Waals surface area contributed by atoms with Gasteiger partial charge < -0.3 is 10.1 Å². The van der Waals surface area contributed by atoms with Crippen molar-refractivity contribution >= 4 is 27.5 Å². The fraction of sp³-hybridized carbons (Fsp3) is 0.435. The Hall–Kier alpha value is -2.09. The van der Waals surface area contributed by atoms with Crippen molar-refractivity contribution in [1.82, 2.24) is 9.62 Å². The second-order valence-corrected chi connectivity index (χ2v) is 10.5. The van der Waals surface area contributed by atoms with Crippen molar-refractivity contribution in [2.24, 2.45) is 5.92 Å². The molecule has 1 aliphatic heterocycles. The molecule has 2 aliphatic rings. The summed E-state index contributed by atoms with van der Waals surface area (Å²) in [5.74, 6) is 0.0844. The van der Waals surface area contributed by atoms with Crippen molar-refractivity contribution in [2.45, 2.75) is 43.0 Å². The van der Waals surface area contributed by atoms with E-state index in [1.807, 2.05) is 12.1 Å². The highest BCUT2D eigenvalue weighted by Gasteiger charge is 2.34. The molecule has 8 heteroatoms. The molecule has 1 heterocycles. The maximum atomic E-state index is 13.1. The van der Waals surface area contributed by atoms with Crippen LogP contribution in [0.15, 0.2) is 47.4 Å².